The van der Waals surface area contributed by atoms with Crippen LogP contribution in [-0.4, -0.2) is 36.3 Å². The lowest BCUT2D eigenvalue weighted by Crippen LogP contribution is -2.24. The van der Waals surface area contributed by atoms with E-state index in [9.17, 15) is 4.79 Å². The zero-order valence-electron chi connectivity index (χ0n) is 15.1. The molecule has 2 aromatic carbocycles. The van der Waals surface area contributed by atoms with Crippen LogP contribution in [-0.2, 0) is 0 Å². The Morgan fingerprint density at radius 3 is 2.85 bits per heavy atom. The van der Waals surface area contributed by atoms with E-state index in [0.717, 1.165) is 16.6 Å². The number of imidazole rings is 1. The number of urea groups is 1. The number of amides is 2. The van der Waals surface area contributed by atoms with Crippen LogP contribution in [0.15, 0.2) is 36.4 Å². The normalized spacial score (nSPS) is 10.3. The molecule has 0 unspecified atom stereocenters. The van der Waals surface area contributed by atoms with E-state index in [4.69, 9.17) is 15.9 Å². The van der Waals surface area contributed by atoms with Crippen LogP contribution in [0, 0.1) is 12.3 Å². The number of fused-ring (bicyclic) bond motifs is 1. The monoisotopic (exact) mass is 364 g/mol. The largest absolute Gasteiger partial charge is 0.493 e. The Bertz CT molecular complexity index is 1000. The van der Waals surface area contributed by atoms with Crippen LogP contribution < -0.4 is 20.1 Å². The van der Waals surface area contributed by atoms with Gasteiger partial charge in [0, 0.05) is 18.8 Å². The summed E-state index contributed by atoms with van der Waals surface area (Å²) in [5.41, 5.74) is 3.05. The van der Waals surface area contributed by atoms with Gasteiger partial charge >= 0.3 is 6.03 Å². The second kappa shape index (κ2) is 8.15. The van der Waals surface area contributed by atoms with Crippen LogP contribution >= 0.6 is 0 Å². The van der Waals surface area contributed by atoms with Gasteiger partial charge in [0.15, 0.2) is 0 Å². The van der Waals surface area contributed by atoms with E-state index in [2.05, 4.69) is 26.5 Å². The van der Waals surface area contributed by atoms with Gasteiger partial charge in [-0.25, -0.2) is 9.78 Å². The lowest BCUT2D eigenvalue weighted by Gasteiger charge is -2.10. The highest BCUT2D eigenvalue weighted by Gasteiger charge is 2.13. The predicted molar refractivity (Wildman–Crippen MR) is 105 cm³/mol. The molecule has 0 spiro atoms. The van der Waals surface area contributed by atoms with Gasteiger partial charge in [-0.15, -0.1) is 6.42 Å². The predicted octanol–water partition coefficient (Wildman–Crippen LogP) is 3.39. The number of rotatable bonds is 6. The molecule has 3 N–H and O–H groups in total. The van der Waals surface area contributed by atoms with Crippen molar-refractivity contribution in [1.29, 1.82) is 0 Å². The van der Waals surface area contributed by atoms with Crippen LogP contribution in [0.2, 0.25) is 0 Å². The van der Waals surface area contributed by atoms with Crippen molar-refractivity contribution in [3.63, 3.8) is 0 Å². The number of anilines is 1. The van der Waals surface area contributed by atoms with E-state index in [1.165, 1.54) is 0 Å². The molecule has 3 rings (SSSR count). The molecule has 1 heterocycles. The fraction of sp³-hybridized carbons (Fsp3) is 0.200. The van der Waals surface area contributed by atoms with Crippen molar-refractivity contribution in [1.82, 2.24) is 15.3 Å². The molecule has 0 bridgehead atoms. The highest BCUT2D eigenvalue weighted by atomic mass is 16.5. The summed E-state index contributed by atoms with van der Waals surface area (Å²) in [6.45, 7) is 2.61. The molecule has 2 amide bonds. The number of terminal acetylenes is 1. The maximum atomic E-state index is 11.5. The number of nitrogens with zero attached hydrogens (tertiary/aromatic N) is 1. The summed E-state index contributed by atoms with van der Waals surface area (Å²) >= 11 is 0. The van der Waals surface area contributed by atoms with E-state index in [-0.39, 0.29) is 12.6 Å². The number of carbonyl (C=O) groups excluding carboxylic acids is 1. The fourth-order valence-electron chi connectivity index (χ4n) is 2.60. The van der Waals surface area contributed by atoms with Crippen molar-refractivity contribution in [2.75, 3.05) is 25.6 Å². The molecule has 0 radical (unpaired) electrons. The van der Waals surface area contributed by atoms with Crippen molar-refractivity contribution in [3.8, 4) is 35.2 Å². The molecule has 0 saturated carbocycles. The quantitative estimate of drug-likeness (QED) is 0.585. The van der Waals surface area contributed by atoms with Crippen molar-refractivity contribution in [2.24, 2.45) is 0 Å². The maximum Gasteiger partial charge on any atom is 0.318 e. The Kier molecular flexibility index (Phi) is 5.47. The summed E-state index contributed by atoms with van der Waals surface area (Å²) in [6.07, 6.45) is 5.24. The van der Waals surface area contributed by atoms with E-state index in [1.807, 2.05) is 31.2 Å². The first-order chi connectivity index (χ1) is 13.1. The van der Waals surface area contributed by atoms with Crippen LogP contribution in [0.25, 0.3) is 22.4 Å². The smallest absolute Gasteiger partial charge is 0.318 e. The summed E-state index contributed by atoms with van der Waals surface area (Å²) in [5, 5.41) is 5.25. The molecule has 7 heteroatoms. The molecule has 0 aliphatic rings. The highest BCUT2D eigenvalue weighted by molar-refractivity contribution is 5.92. The van der Waals surface area contributed by atoms with Crippen molar-refractivity contribution >= 4 is 22.8 Å². The summed E-state index contributed by atoms with van der Waals surface area (Å²) < 4.78 is 11.2. The average Bonchev–Trinajstić information content (AvgIpc) is 3.09. The number of carbonyl (C=O) groups is 1. The first kappa shape index (κ1) is 18.1. The Morgan fingerprint density at radius 1 is 1.26 bits per heavy atom. The molecule has 1 aromatic heterocycles. The first-order valence-electron chi connectivity index (χ1n) is 8.46. The van der Waals surface area contributed by atoms with Gasteiger partial charge < -0.3 is 25.1 Å². The van der Waals surface area contributed by atoms with Crippen molar-refractivity contribution in [3.05, 3.63) is 36.4 Å². The third-order valence-electron chi connectivity index (χ3n) is 3.80. The third-order valence-corrected chi connectivity index (χ3v) is 3.80. The molecule has 0 saturated heterocycles. The number of benzene rings is 2. The Labute approximate surface area is 157 Å². The molecule has 3 aromatic rings. The number of nitrogens with one attached hydrogen (secondary N) is 3. The number of ether oxygens (including phenoxy) is 2. The van der Waals surface area contributed by atoms with Gasteiger partial charge in [-0.05, 0) is 37.3 Å². The van der Waals surface area contributed by atoms with Gasteiger partial charge in [-0.3, -0.25) is 0 Å². The van der Waals surface area contributed by atoms with Gasteiger partial charge in [-0.1, -0.05) is 5.92 Å². The lowest BCUT2D eigenvalue weighted by atomic mass is 10.2. The van der Waals surface area contributed by atoms with Gasteiger partial charge in [0.25, 0.3) is 0 Å². The van der Waals surface area contributed by atoms with Crippen LogP contribution in [0.1, 0.15) is 6.92 Å². The van der Waals surface area contributed by atoms with E-state index >= 15 is 0 Å². The molecule has 0 atom stereocenters. The molecule has 0 fully saturated rings. The second-order valence-electron chi connectivity index (χ2n) is 5.61. The Balaban J connectivity index is 1.96. The number of aromatic nitrogens is 2. The average molecular weight is 364 g/mol. The minimum Gasteiger partial charge on any atom is -0.493 e. The minimum atomic E-state index is -0.282. The summed E-state index contributed by atoms with van der Waals surface area (Å²) in [7, 11) is 1.56. The summed E-state index contributed by atoms with van der Waals surface area (Å²) in [5.74, 6) is 4.38. The summed E-state index contributed by atoms with van der Waals surface area (Å²) in [6, 6.07) is 10.7. The van der Waals surface area contributed by atoms with Gasteiger partial charge in [0.2, 0.25) is 0 Å². The van der Waals surface area contributed by atoms with E-state index < -0.39 is 0 Å². The van der Waals surface area contributed by atoms with Crippen LogP contribution in [0.4, 0.5) is 10.5 Å². The molecule has 27 heavy (non-hydrogen) atoms. The molecule has 0 aliphatic heterocycles. The zero-order chi connectivity index (χ0) is 19.2. The Morgan fingerprint density at radius 2 is 2.11 bits per heavy atom. The van der Waals surface area contributed by atoms with E-state index in [0.29, 0.717) is 29.6 Å². The fourth-order valence-corrected chi connectivity index (χ4v) is 2.60. The van der Waals surface area contributed by atoms with E-state index in [1.54, 1.807) is 19.2 Å². The lowest BCUT2D eigenvalue weighted by molar-refractivity contribution is 0.254. The topological polar surface area (TPSA) is 88.3 Å². The molecular weight excluding hydrogens is 344 g/mol. The van der Waals surface area contributed by atoms with Gasteiger partial charge in [-0.2, -0.15) is 0 Å². The maximum absolute atomic E-state index is 11.5. The van der Waals surface area contributed by atoms with Crippen LogP contribution in [0.5, 0.6) is 11.5 Å². The first-order valence-corrected chi connectivity index (χ1v) is 8.46. The SMILES string of the molecule is C#CCOc1ccc(-c2nc3ccc(NC(=O)NC)cc3[nH]2)c(OCC)c1. The van der Waals surface area contributed by atoms with Crippen molar-refractivity contribution in [2.45, 2.75) is 6.92 Å². The number of hydrogen-bond donors (Lipinski definition) is 3. The minimum absolute atomic E-state index is 0.191. The second-order valence-corrected chi connectivity index (χ2v) is 5.61. The highest BCUT2D eigenvalue weighted by Crippen LogP contribution is 2.33. The number of hydrogen-bond acceptors (Lipinski definition) is 4. The molecule has 7 nitrogen and oxygen atoms in total. The summed E-state index contributed by atoms with van der Waals surface area (Å²) in [4.78, 5) is 19.4. The molecule has 138 valence electrons. The zero-order valence-corrected chi connectivity index (χ0v) is 15.1. The number of aromatic amines is 1. The standard InChI is InChI=1S/C20H20N4O3/c1-4-10-27-14-7-8-15(18(12-14)26-5-2)19-23-16-9-6-13(11-17(16)24-19)22-20(25)21-3/h1,6-9,11-12H,5,10H2,2-3H3,(H,23,24)(H2,21,22,25). The third kappa shape index (κ3) is 4.12. The van der Waals surface area contributed by atoms with Crippen LogP contribution in [0.3, 0.4) is 0 Å². The van der Waals surface area contributed by atoms with Crippen molar-refractivity contribution < 1.29 is 14.3 Å². The number of H-pyrrole nitrogens is 1. The van der Waals surface area contributed by atoms with Gasteiger partial charge in [0.05, 0.1) is 23.2 Å². The molecular formula is C20H20N4O3. The molecule has 0 aliphatic carbocycles. The van der Waals surface area contributed by atoms with Gasteiger partial charge in [0.1, 0.15) is 23.9 Å². The Hall–Kier alpha value is -3.66.